The van der Waals surface area contributed by atoms with Crippen molar-refractivity contribution in [1.29, 1.82) is 0 Å². The lowest BCUT2D eigenvalue weighted by atomic mass is 9.94. The zero-order chi connectivity index (χ0) is 14.8. The third-order valence-corrected chi connectivity index (χ3v) is 5.20. The van der Waals surface area contributed by atoms with Crippen molar-refractivity contribution in [3.63, 3.8) is 0 Å². The maximum absolute atomic E-state index is 14.1. The van der Waals surface area contributed by atoms with Gasteiger partial charge in [0.25, 0.3) is 0 Å². The highest BCUT2D eigenvalue weighted by molar-refractivity contribution is 9.10. The predicted octanol–water partition coefficient (Wildman–Crippen LogP) is 2.11. The Morgan fingerprint density at radius 3 is 2.67 bits per heavy atom. The summed E-state index contributed by atoms with van der Waals surface area (Å²) >= 11 is 3.33. The van der Waals surface area contributed by atoms with E-state index in [2.05, 4.69) is 38.0 Å². The first-order valence-electron chi connectivity index (χ1n) is 7.81. The molecule has 3 aliphatic rings. The van der Waals surface area contributed by atoms with Gasteiger partial charge in [-0.1, -0.05) is 28.9 Å². The van der Waals surface area contributed by atoms with E-state index in [9.17, 15) is 4.39 Å². The molecule has 3 nitrogen and oxygen atoms in total. The molecule has 3 fully saturated rings. The van der Waals surface area contributed by atoms with E-state index >= 15 is 0 Å². The number of nitrogens with zero attached hydrogens (tertiary/aromatic N) is 2. The SMILES string of the molecule is CCNC(Cc1ccc(Br)cc1F)C1CN2CCN1CC2. The van der Waals surface area contributed by atoms with Crippen LogP contribution >= 0.6 is 15.9 Å². The molecule has 1 N–H and O–H groups in total. The summed E-state index contributed by atoms with van der Waals surface area (Å²) in [6.07, 6.45) is 0.752. The first-order chi connectivity index (χ1) is 10.2. The van der Waals surface area contributed by atoms with Gasteiger partial charge in [0.15, 0.2) is 0 Å². The van der Waals surface area contributed by atoms with Crippen molar-refractivity contribution >= 4 is 15.9 Å². The van der Waals surface area contributed by atoms with Crippen LogP contribution in [0.25, 0.3) is 0 Å². The molecule has 5 heteroatoms. The van der Waals surface area contributed by atoms with Gasteiger partial charge in [-0.25, -0.2) is 4.39 Å². The molecule has 2 unspecified atom stereocenters. The second-order valence-electron chi connectivity index (χ2n) is 6.01. The number of hydrogen-bond donors (Lipinski definition) is 1. The first kappa shape index (κ1) is 15.4. The summed E-state index contributed by atoms with van der Waals surface area (Å²) in [5, 5.41) is 3.58. The van der Waals surface area contributed by atoms with Crippen LogP contribution in [0, 0.1) is 5.82 Å². The van der Waals surface area contributed by atoms with Gasteiger partial charge in [0.1, 0.15) is 5.82 Å². The maximum Gasteiger partial charge on any atom is 0.127 e. The Morgan fingerprint density at radius 1 is 1.33 bits per heavy atom. The molecule has 0 aromatic heterocycles. The van der Waals surface area contributed by atoms with Gasteiger partial charge in [0.2, 0.25) is 0 Å². The lowest BCUT2D eigenvalue weighted by molar-refractivity contribution is -0.00299. The van der Waals surface area contributed by atoms with Crippen molar-refractivity contribution in [1.82, 2.24) is 15.1 Å². The Hall–Kier alpha value is -0.490. The minimum atomic E-state index is -0.108. The van der Waals surface area contributed by atoms with Crippen LogP contribution in [0.2, 0.25) is 0 Å². The molecule has 0 amide bonds. The summed E-state index contributed by atoms with van der Waals surface area (Å²) < 4.78 is 14.9. The fourth-order valence-electron chi connectivity index (χ4n) is 3.57. The molecule has 1 aromatic carbocycles. The van der Waals surface area contributed by atoms with Crippen LogP contribution < -0.4 is 5.32 Å². The van der Waals surface area contributed by atoms with Gasteiger partial charge < -0.3 is 5.32 Å². The van der Waals surface area contributed by atoms with Crippen molar-refractivity contribution in [3.8, 4) is 0 Å². The fourth-order valence-corrected chi connectivity index (χ4v) is 3.90. The lowest BCUT2D eigenvalue weighted by Gasteiger charge is -2.50. The highest BCUT2D eigenvalue weighted by Gasteiger charge is 2.36. The number of likely N-dealkylation sites (N-methyl/N-ethyl adjacent to an activating group) is 1. The van der Waals surface area contributed by atoms with E-state index in [0.717, 1.165) is 42.6 Å². The molecule has 3 saturated heterocycles. The molecule has 0 radical (unpaired) electrons. The molecule has 21 heavy (non-hydrogen) atoms. The molecule has 0 saturated carbocycles. The number of benzene rings is 1. The largest absolute Gasteiger partial charge is 0.312 e. The Kier molecular flexibility index (Phi) is 4.94. The Bertz CT molecular complexity index is 488. The standard InChI is InChI=1S/C16H23BrFN3/c1-2-19-15(9-12-3-4-13(17)10-14(12)18)16-11-20-5-7-21(16)8-6-20/h3-4,10,15-16,19H,2,5-9,11H2,1H3. The Morgan fingerprint density at radius 2 is 2.10 bits per heavy atom. The summed E-state index contributed by atoms with van der Waals surface area (Å²) in [4.78, 5) is 5.11. The summed E-state index contributed by atoms with van der Waals surface area (Å²) in [7, 11) is 0. The van der Waals surface area contributed by atoms with E-state index in [-0.39, 0.29) is 5.82 Å². The smallest absolute Gasteiger partial charge is 0.127 e. The highest BCUT2D eigenvalue weighted by Crippen LogP contribution is 2.22. The molecule has 0 aliphatic carbocycles. The fraction of sp³-hybridized carbons (Fsp3) is 0.625. The van der Waals surface area contributed by atoms with E-state index in [4.69, 9.17) is 0 Å². The number of fused-ring (bicyclic) bond motifs is 3. The topological polar surface area (TPSA) is 18.5 Å². The van der Waals surface area contributed by atoms with Crippen LogP contribution in [0.3, 0.4) is 0 Å². The van der Waals surface area contributed by atoms with E-state index < -0.39 is 0 Å². The minimum absolute atomic E-state index is 0.108. The zero-order valence-corrected chi connectivity index (χ0v) is 14.1. The number of halogens is 2. The van der Waals surface area contributed by atoms with E-state index in [0.29, 0.717) is 12.1 Å². The van der Waals surface area contributed by atoms with Crippen LogP contribution in [0.5, 0.6) is 0 Å². The summed E-state index contributed by atoms with van der Waals surface area (Å²) in [6, 6.07) is 6.21. The summed E-state index contributed by atoms with van der Waals surface area (Å²) in [6.45, 7) is 8.82. The van der Waals surface area contributed by atoms with Crippen LogP contribution in [0.1, 0.15) is 12.5 Å². The molecular weight excluding hydrogens is 333 g/mol. The maximum atomic E-state index is 14.1. The van der Waals surface area contributed by atoms with Gasteiger partial charge in [-0.2, -0.15) is 0 Å². The second-order valence-corrected chi connectivity index (χ2v) is 6.92. The number of nitrogens with one attached hydrogen (secondary N) is 1. The summed E-state index contributed by atoms with van der Waals surface area (Å²) in [5.74, 6) is -0.108. The molecule has 1 aromatic rings. The minimum Gasteiger partial charge on any atom is -0.312 e. The van der Waals surface area contributed by atoms with Crippen LogP contribution in [-0.4, -0.2) is 61.2 Å². The number of rotatable bonds is 5. The van der Waals surface area contributed by atoms with Crippen LogP contribution in [0.15, 0.2) is 22.7 Å². The molecule has 2 bridgehead atoms. The van der Waals surface area contributed by atoms with Crippen molar-refractivity contribution < 1.29 is 4.39 Å². The second kappa shape index (κ2) is 6.73. The normalized spacial score (nSPS) is 29.6. The molecule has 3 heterocycles. The van der Waals surface area contributed by atoms with Crippen molar-refractivity contribution in [2.24, 2.45) is 0 Å². The van der Waals surface area contributed by atoms with Crippen molar-refractivity contribution in [2.75, 3.05) is 39.3 Å². The van der Waals surface area contributed by atoms with Gasteiger partial charge in [-0.3, -0.25) is 9.80 Å². The number of piperazine rings is 3. The van der Waals surface area contributed by atoms with E-state index in [1.807, 2.05) is 12.1 Å². The number of hydrogen-bond acceptors (Lipinski definition) is 3. The van der Waals surface area contributed by atoms with Gasteiger partial charge >= 0.3 is 0 Å². The zero-order valence-electron chi connectivity index (χ0n) is 12.5. The van der Waals surface area contributed by atoms with Crippen LogP contribution in [0.4, 0.5) is 4.39 Å². The summed E-state index contributed by atoms with van der Waals surface area (Å²) in [5.41, 5.74) is 0.807. The molecule has 4 rings (SSSR count). The Balaban J connectivity index is 1.75. The molecule has 3 aliphatic heterocycles. The molecule has 116 valence electrons. The van der Waals surface area contributed by atoms with E-state index in [1.54, 1.807) is 6.07 Å². The predicted molar refractivity (Wildman–Crippen MR) is 87.1 cm³/mol. The lowest BCUT2D eigenvalue weighted by Crippen LogP contribution is -2.66. The Labute approximate surface area is 134 Å². The highest BCUT2D eigenvalue weighted by atomic mass is 79.9. The molecule has 0 spiro atoms. The van der Waals surface area contributed by atoms with E-state index in [1.165, 1.54) is 13.1 Å². The van der Waals surface area contributed by atoms with Gasteiger partial charge in [-0.15, -0.1) is 0 Å². The van der Waals surface area contributed by atoms with Gasteiger partial charge in [0, 0.05) is 49.3 Å². The van der Waals surface area contributed by atoms with Gasteiger partial charge in [-0.05, 0) is 30.7 Å². The van der Waals surface area contributed by atoms with Crippen molar-refractivity contribution in [2.45, 2.75) is 25.4 Å². The average Bonchev–Trinajstić information content (AvgIpc) is 2.50. The third-order valence-electron chi connectivity index (χ3n) is 4.71. The molecular formula is C16H23BrFN3. The van der Waals surface area contributed by atoms with Gasteiger partial charge in [0.05, 0.1) is 0 Å². The first-order valence-corrected chi connectivity index (χ1v) is 8.60. The monoisotopic (exact) mass is 355 g/mol. The quantitative estimate of drug-likeness (QED) is 0.872. The van der Waals surface area contributed by atoms with Crippen molar-refractivity contribution in [3.05, 3.63) is 34.1 Å². The molecule has 2 atom stereocenters. The van der Waals surface area contributed by atoms with Crippen LogP contribution in [-0.2, 0) is 6.42 Å². The average molecular weight is 356 g/mol. The third kappa shape index (κ3) is 3.47.